The molecular weight excluding hydrogens is 236 g/mol. The van der Waals surface area contributed by atoms with Crippen LogP contribution < -0.4 is 4.90 Å². The maximum Gasteiger partial charge on any atom is 0.415 e. The van der Waals surface area contributed by atoms with E-state index >= 15 is 0 Å². The molecule has 1 atom stereocenters. The molecule has 1 aromatic rings. The van der Waals surface area contributed by atoms with Crippen molar-refractivity contribution >= 4 is 23.2 Å². The summed E-state index contributed by atoms with van der Waals surface area (Å²) < 4.78 is 5.33. The fourth-order valence-electron chi connectivity index (χ4n) is 2.00. The van der Waals surface area contributed by atoms with Gasteiger partial charge in [0.1, 0.15) is 11.9 Å². The summed E-state index contributed by atoms with van der Waals surface area (Å²) in [7, 11) is 0. The Morgan fingerprint density at radius 2 is 2.41 bits per heavy atom. The predicted molar refractivity (Wildman–Crippen MR) is 68.5 cm³/mol. The largest absolute Gasteiger partial charge is 0.444 e. The molecule has 17 heavy (non-hydrogen) atoms. The van der Waals surface area contributed by atoms with Crippen LogP contribution in [0.5, 0.6) is 0 Å². The van der Waals surface area contributed by atoms with Gasteiger partial charge in [-0.05, 0) is 12.8 Å². The highest BCUT2D eigenvalue weighted by molar-refractivity contribution is 7.07. The van der Waals surface area contributed by atoms with Crippen molar-refractivity contribution in [1.29, 1.82) is 0 Å². The Labute approximate surface area is 106 Å². The zero-order valence-electron chi connectivity index (χ0n) is 10.1. The van der Waals surface area contributed by atoms with Crippen LogP contribution in [-0.2, 0) is 4.74 Å². The summed E-state index contributed by atoms with van der Waals surface area (Å²) in [6, 6.07) is 0. The molecule has 2 rings (SSSR count). The zero-order valence-corrected chi connectivity index (χ0v) is 10.9. The Morgan fingerprint density at radius 3 is 3.12 bits per heavy atom. The third-order valence-corrected chi connectivity index (χ3v) is 3.52. The van der Waals surface area contributed by atoms with Gasteiger partial charge in [0.2, 0.25) is 0 Å². The lowest BCUT2D eigenvalue weighted by Crippen LogP contribution is -2.24. The van der Waals surface area contributed by atoms with E-state index in [9.17, 15) is 4.79 Å². The van der Waals surface area contributed by atoms with Crippen LogP contribution in [0, 0.1) is 0 Å². The number of cyclic esters (lactones) is 1. The van der Waals surface area contributed by atoms with Gasteiger partial charge in [-0.25, -0.2) is 9.78 Å². The normalized spacial score (nSPS) is 19.7. The smallest absolute Gasteiger partial charge is 0.415 e. The molecule has 4 nitrogen and oxygen atoms in total. The molecule has 1 aromatic heterocycles. The average Bonchev–Trinajstić information content (AvgIpc) is 2.93. The van der Waals surface area contributed by atoms with Crippen molar-refractivity contribution in [3.8, 4) is 0 Å². The monoisotopic (exact) mass is 254 g/mol. The molecule has 0 N–H and O–H groups in total. The van der Waals surface area contributed by atoms with Gasteiger partial charge in [0.25, 0.3) is 0 Å². The zero-order chi connectivity index (χ0) is 12.1. The van der Waals surface area contributed by atoms with Gasteiger partial charge in [0.05, 0.1) is 12.1 Å². The van der Waals surface area contributed by atoms with Crippen molar-refractivity contribution < 1.29 is 9.53 Å². The van der Waals surface area contributed by atoms with Gasteiger partial charge in [-0.1, -0.05) is 26.2 Å². The highest BCUT2D eigenvalue weighted by atomic mass is 32.1. The Bertz CT molecular complexity index is 353. The lowest BCUT2D eigenvalue weighted by Gasteiger charge is -2.08. The number of carbonyl (C=O) groups is 1. The molecule has 5 heteroatoms. The van der Waals surface area contributed by atoms with Gasteiger partial charge in [-0.15, -0.1) is 11.3 Å². The second-order valence-electron chi connectivity index (χ2n) is 4.31. The molecule has 0 saturated carbocycles. The molecule has 1 amide bonds. The fraction of sp³-hybridized carbons (Fsp3) is 0.667. The lowest BCUT2D eigenvalue weighted by molar-refractivity contribution is 0.135. The SMILES string of the molecule is CCCCCC[C@@H]1CN(c2cscn2)C(=O)O1. The maximum absolute atomic E-state index is 11.6. The van der Waals surface area contributed by atoms with E-state index in [1.54, 1.807) is 10.4 Å². The molecule has 0 unspecified atom stereocenters. The number of rotatable bonds is 6. The van der Waals surface area contributed by atoms with Crippen LogP contribution in [0.2, 0.25) is 0 Å². The minimum atomic E-state index is -0.253. The number of unbranched alkanes of at least 4 members (excludes halogenated alkanes) is 3. The summed E-state index contributed by atoms with van der Waals surface area (Å²) in [5, 5.41) is 1.88. The van der Waals surface area contributed by atoms with Gasteiger partial charge in [-0.3, -0.25) is 4.90 Å². The van der Waals surface area contributed by atoms with Gasteiger partial charge < -0.3 is 4.74 Å². The van der Waals surface area contributed by atoms with E-state index in [4.69, 9.17) is 4.74 Å². The molecule has 0 bridgehead atoms. The predicted octanol–water partition coefficient (Wildman–Crippen LogP) is 3.44. The van der Waals surface area contributed by atoms with Crippen molar-refractivity contribution in [2.24, 2.45) is 0 Å². The first-order valence-corrected chi connectivity index (χ1v) is 7.12. The summed E-state index contributed by atoms with van der Waals surface area (Å²) in [6.45, 7) is 2.84. The minimum Gasteiger partial charge on any atom is -0.444 e. The number of nitrogens with zero attached hydrogens (tertiary/aromatic N) is 2. The average molecular weight is 254 g/mol. The molecule has 1 aliphatic heterocycles. The van der Waals surface area contributed by atoms with Crippen LogP contribution in [0.1, 0.15) is 39.0 Å². The topological polar surface area (TPSA) is 42.4 Å². The highest BCUT2D eigenvalue weighted by Crippen LogP contribution is 2.23. The number of anilines is 1. The van der Waals surface area contributed by atoms with Crippen LogP contribution >= 0.6 is 11.3 Å². The summed E-state index contributed by atoms with van der Waals surface area (Å²) in [5.41, 5.74) is 1.73. The molecule has 0 aliphatic carbocycles. The van der Waals surface area contributed by atoms with E-state index < -0.39 is 0 Å². The Morgan fingerprint density at radius 1 is 1.53 bits per heavy atom. The van der Waals surface area contributed by atoms with Crippen LogP contribution in [0.15, 0.2) is 10.9 Å². The first-order chi connectivity index (χ1) is 8.31. The fourth-order valence-corrected chi connectivity index (χ4v) is 2.54. The molecule has 1 aliphatic rings. The molecule has 1 saturated heterocycles. The first kappa shape index (κ1) is 12.4. The van der Waals surface area contributed by atoms with Crippen molar-refractivity contribution in [1.82, 2.24) is 4.98 Å². The standard InChI is InChI=1S/C12H18N2O2S/c1-2-3-4-5-6-10-7-14(12(15)16-10)11-8-17-9-13-11/h8-10H,2-7H2,1H3/t10-/m1/s1. The lowest BCUT2D eigenvalue weighted by atomic mass is 10.1. The van der Waals surface area contributed by atoms with Gasteiger partial charge in [0, 0.05) is 5.38 Å². The number of hydrogen-bond donors (Lipinski definition) is 0. The number of thiazole rings is 1. The van der Waals surface area contributed by atoms with Crippen molar-refractivity contribution in [2.45, 2.75) is 45.1 Å². The summed E-state index contributed by atoms with van der Waals surface area (Å²) in [6.07, 6.45) is 5.60. The number of amides is 1. The quantitative estimate of drug-likeness (QED) is 0.730. The molecule has 0 spiro atoms. The Balaban J connectivity index is 1.79. The maximum atomic E-state index is 11.6. The van der Waals surface area contributed by atoms with E-state index in [0.717, 1.165) is 18.7 Å². The highest BCUT2D eigenvalue weighted by Gasteiger charge is 2.32. The van der Waals surface area contributed by atoms with Crippen LogP contribution in [-0.4, -0.2) is 23.7 Å². The number of aromatic nitrogens is 1. The van der Waals surface area contributed by atoms with Crippen LogP contribution in [0.25, 0.3) is 0 Å². The molecule has 1 fully saturated rings. The minimum absolute atomic E-state index is 0.0426. The van der Waals surface area contributed by atoms with Gasteiger partial charge in [0.15, 0.2) is 0 Å². The van der Waals surface area contributed by atoms with E-state index in [2.05, 4.69) is 11.9 Å². The number of ether oxygens (including phenoxy) is 1. The van der Waals surface area contributed by atoms with Crippen molar-refractivity contribution in [3.63, 3.8) is 0 Å². The third kappa shape index (κ3) is 3.19. The number of hydrogen-bond acceptors (Lipinski definition) is 4. The number of carbonyl (C=O) groups excluding carboxylic acids is 1. The second kappa shape index (κ2) is 6.00. The second-order valence-corrected chi connectivity index (χ2v) is 5.03. The first-order valence-electron chi connectivity index (χ1n) is 6.17. The molecule has 2 heterocycles. The Hall–Kier alpha value is -1.10. The van der Waals surface area contributed by atoms with Crippen LogP contribution in [0.3, 0.4) is 0 Å². The molecular formula is C12H18N2O2S. The van der Waals surface area contributed by atoms with E-state index in [-0.39, 0.29) is 12.2 Å². The van der Waals surface area contributed by atoms with Gasteiger partial charge >= 0.3 is 6.09 Å². The van der Waals surface area contributed by atoms with Crippen LogP contribution in [0.4, 0.5) is 10.6 Å². The summed E-state index contributed by atoms with van der Waals surface area (Å²) in [5.74, 6) is 0.719. The van der Waals surface area contributed by atoms with E-state index in [0.29, 0.717) is 6.54 Å². The summed E-state index contributed by atoms with van der Waals surface area (Å²) >= 11 is 1.49. The Kier molecular flexibility index (Phi) is 4.36. The van der Waals surface area contributed by atoms with Gasteiger partial charge in [-0.2, -0.15) is 0 Å². The summed E-state index contributed by atoms with van der Waals surface area (Å²) in [4.78, 5) is 17.4. The van der Waals surface area contributed by atoms with E-state index in [1.807, 2.05) is 5.38 Å². The molecule has 0 radical (unpaired) electrons. The molecule has 0 aromatic carbocycles. The van der Waals surface area contributed by atoms with E-state index in [1.165, 1.54) is 30.6 Å². The molecule has 94 valence electrons. The van der Waals surface area contributed by atoms with Crippen molar-refractivity contribution in [2.75, 3.05) is 11.4 Å². The van der Waals surface area contributed by atoms with Crippen molar-refractivity contribution in [3.05, 3.63) is 10.9 Å². The third-order valence-electron chi connectivity index (χ3n) is 2.95.